The topological polar surface area (TPSA) is 84.0 Å². The molecule has 1 aliphatic rings. The molecule has 2 amide bonds. The first-order valence-corrected chi connectivity index (χ1v) is 12.0. The van der Waals surface area contributed by atoms with Crippen molar-refractivity contribution in [1.82, 2.24) is 20.1 Å². The van der Waals surface area contributed by atoms with Gasteiger partial charge < -0.3 is 19.7 Å². The van der Waals surface area contributed by atoms with Crippen LogP contribution in [-0.4, -0.2) is 79.6 Å². The van der Waals surface area contributed by atoms with Gasteiger partial charge in [0.15, 0.2) is 0 Å². The number of hydrogen-bond acceptors (Lipinski definition) is 7. The zero-order chi connectivity index (χ0) is 23.5. The number of aromatic nitrogens is 1. The van der Waals surface area contributed by atoms with Gasteiger partial charge in [-0.15, -0.1) is 11.3 Å². The van der Waals surface area contributed by atoms with E-state index in [4.69, 9.17) is 9.47 Å². The van der Waals surface area contributed by atoms with Gasteiger partial charge >= 0.3 is 0 Å². The molecule has 0 bridgehead atoms. The molecule has 3 rings (SSSR count). The van der Waals surface area contributed by atoms with E-state index in [2.05, 4.69) is 15.2 Å². The maximum absolute atomic E-state index is 12.6. The van der Waals surface area contributed by atoms with Crippen LogP contribution < -0.4 is 10.1 Å². The minimum absolute atomic E-state index is 0.0118. The van der Waals surface area contributed by atoms with Gasteiger partial charge in [0.25, 0.3) is 0 Å². The summed E-state index contributed by atoms with van der Waals surface area (Å²) in [6, 6.07) is 7.65. The summed E-state index contributed by atoms with van der Waals surface area (Å²) in [4.78, 5) is 32.9. The largest absolute Gasteiger partial charge is 0.487 e. The summed E-state index contributed by atoms with van der Waals surface area (Å²) in [6.07, 6.45) is 4.21. The number of methoxy groups -OCH3 is 1. The van der Waals surface area contributed by atoms with E-state index in [1.807, 2.05) is 47.5 Å². The predicted molar refractivity (Wildman–Crippen MR) is 129 cm³/mol. The van der Waals surface area contributed by atoms with Crippen LogP contribution in [0.25, 0.3) is 6.08 Å². The number of amides is 2. The number of aryl methyl sites for hydroxylation is 1. The first-order valence-electron chi connectivity index (χ1n) is 11.1. The molecule has 178 valence electrons. The number of carbonyl (C=O) groups excluding carboxylic acids is 2. The molecular weight excluding hydrogens is 440 g/mol. The van der Waals surface area contributed by atoms with E-state index in [1.54, 1.807) is 24.5 Å². The van der Waals surface area contributed by atoms with E-state index >= 15 is 0 Å². The van der Waals surface area contributed by atoms with Crippen molar-refractivity contribution in [3.8, 4) is 5.75 Å². The molecule has 9 heteroatoms. The highest BCUT2D eigenvalue weighted by Gasteiger charge is 2.21. The van der Waals surface area contributed by atoms with Crippen LogP contribution in [0.4, 0.5) is 0 Å². The van der Waals surface area contributed by atoms with Crippen molar-refractivity contribution in [1.29, 1.82) is 0 Å². The van der Waals surface area contributed by atoms with Crippen LogP contribution in [0.3, 0.4) is 0 Å². The quantitative estimate of drug-likeness (QED) is 0.399. The first kappa shape index (κ1) is 24.9. The number of hydrogen-bond donors (Lipinski definition) is 1. The fourth-order valence-corrected chi connectivity index (χ4v) is 4.04. The summed E-state index contributed by atoms with van der Waals surface area (Å²) in [6.45, 7) is 6.59. The summed E-state index contributed by atoms with van der Waals surface area (Å²) < 4.78 is 10.8. The number of thiazole rings is 1. The molecule has 8 nitrogen and oxygen atoms in total. The van der Waals surface area contributed by atoms with Crippen molar-refractivity contribution in [3.05, 3.63) is 52.0 Å². The van der Waals surface area contributed by atoms with Gasteiger partial charge in [0, 0.05) is 57.9 Å². The Morgan fingerprint density at radius 3 is 2.79 bits per heavy atom. The molecular formula is C24H32N4O4S. The molecule has 1 saturated heterocycles. The fourth-order valence-electron chi connectivity index (χ4n) is 3.44. The highest BCUT2D eigenvalue weighted by atomic mass is 32.1. The third kappa shape index (κ3) is 8.60. The van der Waals surface area contributed by atoms with E-state index in [1.165, 1.54) is 0 Å². The predicted octanol–water partition coefficient (Wildman–Crippen LogP) is 2.34. The molecule has 1 N–H and O–H groups in total. The Hall–Kier alpha value is -2.75. The Labute approximate surface area is 199 Å². The molecule has 1 aromatic heterocycles. The summed E-state index contributed by atoms with van der Waals surface area (Å²) in [5, 5.41) is 5.91. The van der Waals surface area contributed by atoms with Crippen molar-refractivity contribution in [2.45, 2.75) is 20.0 Å². The molecule has 0 aliphatic carbocycles. The summed E-state index contributed by atoms with van der Waals surface area (Å²) in [5.74, 6) is 0.727. The van der Waals surface area contributed by atoms with Crippen molar-refractivity contribution in [2.24, 2.45) is 0 Å². The smallest absolute Gasteiger partial charge is 0.246 e. The van der Waals surface area contributed by atoms with Gasteiger partial charge in [-0.1, -0.05) is 12.1 Å². The minimum atomic E-state index is -0.0251. The Bertz CT molecular complexity index is 938. The van der Waals surface area contributed by atoms with E-state index in [0.717, 1.165) is 28.4 Å². The molecule has 1 aliphatic heterocycles. The zero-order valence-electron chi connectivity index (χ0n) is 19.3. The second-order valence-electron chi connectivity index (χ2n) is 7.85. The molecule has 33 heavy (non-hydrogen) atoms. The second kappa shape index (κ2) is 13.1. The van der Waals surface area contributed by atoms with Crippen molar-refractivity contribution in [3.63, 3.8) is 0 Å². The summed E-state index contributed by atoms with van der Waals surface area (Å²) >= 11 is 1.60. The van der Waals surface area contributed by atoms with E-state index in [9.17, 15) is 9.59 Å². The lowest BCUT2D eigenvalue weighted by Crippen LogP contribution is -2.50. The molecule has 0 unspecified atom stereocenters. The highest BCUT2D eigenvalue weighted by Crippen LogP contribution is 2.17. The van der Waals surface area contributed by atoms with Gasteiger partial charge in [0.1, 0.15) is 12.4 Å². The number of piperazine rings is 1. The molecule has 1 fully saturated rings. The van der Waals surface area contributed by atoms with Gasteiger partial charge in [-0.05, 0) is 37.1 Å². The number of benzene rings is 1. The van der Waals surface area contributed by atoms with Crippen molar-refractivity contribution in [2.75, 3.05) is 53.0 Å². The maximum atomic E-state index is 12.6. The first-order chi connectivity index (χ1) is 16.0. The standard InChI is InChI=1S/C24H32N4O4S/c1-19-26-21(18-33-19)17-32-22-6-3-5-20(15-22)7-8-24(30)28-12-10-27(11-13-28)16-23(29)25-9-4-14-31-2/h3,5-8,15,18H,4,9-14,16-17H2,1-2H3,(H,25,29)/b8-7+. The van der Waals surface area contributed by atoms with Gasteiger partial charge in [-0.2, -0.15) is 0 Å². The van der Waals surface area contributed by atoms with E-state index in [0.29, 0.717) is 52.5 Å². The van der Waals surface area contributed by atoms with Crippen LogP contribution in [0.15, 0.2) is 35.7 Å². The molecule has 0 spiro atoms. The van der Waals surface area contributed by atoms with Gasteiger partial charge in [0.05, 0.1) is 17.2 Å². The Morgan fingerprint density at radius 2 is 2.06 bits per heavy atom. The third-order valence-electron chi connectivity index (χ3n) is 5.23. The average molecular weight is 473 g/mol. The number of rotatable bonds is 11. The molecule has 2 aromatic rings. The number of nitrogens with zero attached hydrogens (tertiary/aromatic N) is 3. The number of nitrogens with one attached hydrogen (secondary N) is 1. The van der Waals surface area contributed by atoms with Crippen molar-refractivity contribution < 1.29 is 19.1 Å². The minimum Gasteiger partial charge on any atom is -0.487 e. The molecule has 2 heterocycles. The van der Waals surface area contributed by atoms with Crippen LogP contribution in [0, 0.1) is 6.92 Å². The molecule has 0 radical (unpaired) electrons. The van der Waals surface area contributed by atoms with Crippen LogP contribution in [0.1, 0.15) is 22.7 Å². The summed E-state index contributed by atoms with van der Waals surface area (Å²) in [7, 11) is 1.65. The van der Waals surface area contributed by atoms with Crippen molar-refractivity contribution >= 4 is 29.2 Å². The Morgan fingerprint density at radius 1 is 1.24 bits per heavy atom. The van der Waals surface area contributed by atoms with Gasteiger partial charge in [-0.3, -0.25) is 14.5 Å². The Kier molecular flexibility index (Phi) is 9.86. The van der Waals surface area contributed by atoms with Crippen LogP contribution in [-0.2, 0) is 20.9 Å². The lowest BCUT2D eigenvalue weighted by molar-refractivity contribution is -0.128. The highest BCUT2D eigenvalue weighted by molar-refractivity contribution is 7.09. The third-order valence-corrected chi connectivity index (χ3v) is 6.05. The maximum Gasteiger partial charge on any atom is 0.246 e. The summed E-state index contributed by atoms with van der Waals surface area (Å²) in [5.41, 5.74) is 1.82. The number of ether oxygens (including phenoxy) is 2. The van der Waals surface area contributed by atoms with Crippen LogP contribution >= 0.6 is 11.3 Å². The number of carbonyl (C=O) groups is 2. The van der Waals surface area contributed by atoms with Crippen LogP contribution in [0.5, 0.6) is 5.75 Å². The van der Waals surface area contributed by atoms with Crippen LogP contribution in [0.2, 0.25) is 0 Å². The second-order valence-corrected chi connectivity index (χ2v) is 8.91. The normalized spacial score (nSPS) is 14.5. The SMILES string of the molecule is COCCCNC(=O)CN1CCN(C(=O)/C=C/c2cccc(OCc3csc(C)n3)c2)CC1. The molecule has 1 aromatic carbocycles. The van der Waals surface area contributed by atoms with E-state index in [-0.39, 0.29) is 11.8 Å². The lowest BCUT2D eigenvalue weighted by Gasteiger charge is -2.33. The van der Waals surface area contributed by atoms with Gasteiger partial charge in [0.2, 0.25) is 11.8 Å². The lowest BCUT2D eigenvalue weighted by atomic mass is 10.2. The molecule has 0 saturated carbocycles. The average Bonchev–Trinajstić information content (AvgIpc) is 3.25. The zero-order valence-corrected chi connectivity index (χ0v) is 20.1. The molecule has 0 atom stereocenters. The van der Waals surface area contributed by atoms with Gasteiger partial charge in [-0.25, -0.2) is 4.98 Å². The monoisotopic (exact) mass is 472 g/mol. The fraction of sp³-hybridized carbons (Fsp3) is 0.458. The van der Waals surface area contributed by atoms with E-state index < -0.39 is 0 Å². The Balaban J connectivity index is 1.40.